The van der Waals surface area contributed by atoms with Crippen molar-refractivity contribution in [3.8, 4) is 11.5 Å². The number of hydrogen-bond acceptors (Lipinski definition) is 4. The van der Waals surface area contributed by atoms with E-state index in [0.29, 0.717) is 36.8 Å². The van der Waals surface area contributed by atoms with E-state index in [1.165, 1.54) is 0 Å². The molecule has 1 aliphatic rings. The minimum absolute atomic E-state index is 0.149. The first-order valence-electron chi connectivity index (χ1n) is 7.00. The van der Waals surface area contributed by atoms with E-state index in [-0.39, 0.29) is 18.4 Å². The molecule has 1 aromatic rings. The van der Waals surface area contributed by atoms with Crippen molar-refractivity contribution in [2.45, 2.75) is 19.8 Å². The average Bonchev–Trinajstić information content (AvgIpc) is 2.50. The molecule has 1 amide bonds. The van der Waals surface area contributed by atoms with Crippen LogP contribution in [0.4, 0.5) is 0 Å². The molecule has 0 aliphatic carbocycles. The topological polar surface area (TPSA) is 67.8 Å². The molecule has 1 atom stereocenters. The zero-order valence-electron chi connectivity index (χ0n) is 11.7. The quantitative estimate of drug-likeness (QED) is 0.776. The molecular weight excluding hydrogens is 258 g/mol. The van der Waals surface area contributed by atoms with Gasteiger partial charge in [-0.05, 0) is 30.9 Å². The lowest BCUT2D eigenvalue weighted by Gasteiger charge is -2.20. The largest absolute Gasteiger partial charge is 0.486 e. The van der Waals surface area contributed by atoms with Crippen molar-refractivity contribution < 1.29 is 19.4 Å². The second-order valence-electron chi connectivity index (χ2n) is 5.02. The number of carbonyl (C=O) groups is 1. The molecule has 2 rings (SSSR count). The highest BCUT2D eigenvalue weighted by Crippen LogP contribution is 2.33. The molecular formula is C15H21NO4. The Hall–Kier alpha value is -1.75. The number of fused-ring (bicyclic) bond motifs is 1. The van der Waals surface area contributed by atoms with E-state index in [2.05, 4.69) is 5.32 Å². The number of aliphatic hydroxyl groups is 1. The summed E-state index contributed by atoms with van der Waals surface area (Å²) in [5.74, 6) is 1.27. The van der Waals surface area contributed by atoms with Crippen molar-refractivity contribution >= 4 is 5.91 Å². The first-order chi connectivity index (χ1) is 9.72. The standard InChI is InChI=1S/C15H21NO4/c1-11(10-17)4-3-7-16-15(18)12-5-2-6-13-14(12)20-9-8-19-13/h2,5-6,11,17H,3-4,7-10H2,1H3,(H,16,18). The number of amides is 1. The van der Waals surface area contributed by atoms with Gasteiger partial charge in [-0.1, -0.05) is 13.0 Å². The molecule has 1 aliphatic heterocycles. The molecule has 110 valence electrons. The first kappa shape index (κ1) is 14.7. The molecule has 0 saturated carbocycles. The Labute approximate surface area is 118 Å². The van der Waals surface area contributed by atoms with Gasteiger partial charge in [0, 0.05) is 13.2 Å². The Bertz CT molecular complexity index is 461. The third kappa shape index (κ3) is 3.63. The van der Waals surface area contributed by atoms with Gasteiger partial charge in [-0.25, -0.2) is 0 Å². The molecule has 5 nitrogen and oxygen atoms in total. The zero-order valence-corrected chi connectivity index (χ0v) is 11.7. The third-order valence-electron chi connectivity index (χ3n) is 3.28. The number of carbonyl (C=O) groups excluding carboxylic acids is 1. The molecule has 1 aromatic carbocycles. The summed E-state index contributed by atoms with van der Waals surface area (Å²) in [5.41, 5.74) is 0.511. The molecule has 0 bridgehead atoms. The molecule has 20 heavy (non-hydrogen) atoms. The van der Waals surface area contributed by atoms with E-state index < -0.39 is 0 Å². The van der Waals surface area contributed by atoms with Crippen LogP contribution in [0.15, 0.2) is 18.2 Å². The minimum Gasteiger partial charge on any atom is -0.486 e. The summed E-state index contributed by atoms with van der Waals surface area (Å²) in [6.45, 7) is 3.74. The normalized spacial score (nSPS) is 14.7. The lowest BCUT2D eigenvalue weighted by Crippen LogP contribution is -2.27. The van der Waals surface area contributed by atoms with Crippen molar-refractivity contribution in [1.29, 1.82) is 0 Å². The van der Waals surface area contributed by atoms with Crippen LogP contribution < -0.4 is 14.8 Å². The van der Waals surface area contributed by atoms with Crippen molar-refractivity contribution in [3.63, 3.8) is 0 Å². The second kappa shape index (κ2) is 7.14. The predicted molar refractivity (Wildman–Crippen MR) is 75.2 cm³/mol. The van der Waals surface area contributed by atoms with Crippen LogP contribution in [0.3, 0.4) is 0 Å². The van der Waals surface area contributed by atoms with Crippen LogP contribution in [0.2, 0.25) is 0 Å². The number of rotatable bonds is 6. The highest BCUT2D eigenvalue weighted by molar-refractivity contribution is 5.97. The molecule has 0 saturated heterocycles. The van der Waals surface area contributed by atoms with E-state index in [9.17, 15) is 4.79 Å². The average molecular weight is 279 g/mol. The predicted octanol–water partition coefficient (Wildman–Crippen LogP) is 1.60. The van der Waals surface area contributed by atoms with Crippen LogP contribution in [0.5, 0.6) is 11.5 Å². The number of aliphatic hydroxyl groups excluding tert-OH is 1. The van der Waals surface area contributed by atoms with Gasteiger partial charge in [-0.3, -0.25) is 4.79 Å². The number of nitrogens with one attached hydrogen (secondary N) is 1. The van der Waals surface area contributed by atoms with Gasteiger partial charge < -0.3 is 19.9 Å². The van der Waals surface area contributed by atoms with Crippen LogP contribution in [0.1, 0.15) is 30.1 Å². The number of benzene rings is 1. The van der Waals surface area contributed by atoms with E-state index in [0.717, 1.165) is 12.8 Å². The number of para-hydroxylation sites is 1. The molecule has 2 N–H and O–H groups in total. The van der Waals surface area contributed by atoms with E-state index in [1.807, 2.05) is 6.92 Å². The summed E-state index contributed by atoms with van der Waals surface area (Å²) in [6, 6.07) is 5.32. The monoisotopic (exact) mass is 279 g/mol. The number of ether oxygens (including phenoxy) is 2. The fraction of sp³-hybridized carbons (Fsp3) is 0.533. The molecule has 1 unspecified atom stereocenters. The maximum absolute atomic E-state index is 12.1. The second-order valence-corrected chi connectivity index (χ2v) is 5.02. The number of hydrogen-bond donors (Lipinski definition) is 2. The van der Waals surface area contributed by atoms with E-state index in [1.54, 1.807) is 18.2 Å². The van der Waals surface area contributed by atoms with Gasteiger partial charge in [-0.15, -0.1) is 0 Å². The summed E-state index contributed by atoms with van der Waals surface area (Å²) in [7, 11) is 0. The third-order valence-corrected chi connectivity index (χ3v) is 3.28. The van der Waals surface area contributed by atoms with Crippen LogP contribution in [-0.2, 0) is 0 Å². The maximum Gasteiger partial charge on any atom is 0.255 e. The highest BCUT2D eigenvalue weighted by atomic mass is 16.6. The zero-order chi connectivity index (χ0) is 14.4. The lowest BCUT2D eigenvalue weighted by molar-refractivity contribution is 0.0941. The van der Waals surface area contributed by atoms with Gasteiger partial charge >= 0.3 is 0 Å². The first-order valence-corrected chi connectivity index (χ1v) is 7.00. The Morgan fingerprint density at radius 3 is 3.00 bits per heavy atom. The van der Waals surface area contributed by atoms with Gasteiger partial charge in [0.1, 0.15) is 13.2 Å². The van der Waals surface area contributed by atoms with Crippen molar-refractivity contribution in [3.05, 3.63) is 23.8 Å². The van der Waals surface area contributed by atoms with Crippen molar-refractivity contribution in [2.75, 3.05) is 26.4 Å². The van der Waals surface area contributed by atoms with Crippen LogP contribution >= 0.6 is 0 Å². The van der Waals surface area contributed by atoms with Crippen LogP contribution in [-0.4, -0.2) is 37.4 Å². The Balaban J connectivity index is 1.90. The van der Waals surface area contributed by atoms with Gasteiger partial charge in [0.15, 0.2) is 11.5 Å². The van der Waals surface area contributed by atoms with Gasteiger partial charge in [0.25, 0.3) is 5.91 Å². The summed E-state index contributed by atoms with van der Waals surface area (Å²) in [5, 5.41) is 11.8. The fourth-order valence-corrected chi connectivity index (χ4v) is 2.09. The summed E-state index contributed by atoms with van der Waals surface area (Å²) in [4.78, 5) is 12.1. The van der Waals surface area contributed by atoms with Crippen LogP contribution in [0.25, 0.3) is 0 Å². The molecule has 0 aromatic heterocycles. The molecule has 1 heterocycles. The minimum atomic E-state index is -0.149. The summed E-state index contributed by atoms with van der Waals surface area (Å²) < 4.78 is 11.0. The Morgan fingerprint density at radius 1 is 1.40 bits per heavy atom. The van der Waals surface area contributed by atoms with E-state index in [4.69, 9.17) is 14.6 Å². The van der Waals surface area contributed by atoms with Crippen molar-refractivity contribution in [2.24, 2.45) is 5.92 Å². The van der Waals surface area contributed by atoms with Crippen LogP contribution in [0, 0.1) is 5.92 Å². The molecule has 5 heteroatoms. The SMILES string of the molecule is CC(CO)CCCNC(=O)c1cccc2c1OCCO2. The van der Waals surface area contributed by atoms with Gasteiger partial charge in [-0.2, -0.15) is 0 Å². The molecule has 0 spiro atoms. The maximum atomic E-state index is 12.1. The fourth-order valence-electron chi connectivity index (χ4n) is 2.09. The Kier molecular flexibility index (Phi) is 5.24. The summed E-state index contributed by atoms with van der Waals surface area (Å²) in [6.07, 6.45) is 1.74. The van der Waals surface area contributed by atoms with Gasteiger partial charge in [0.2, 0.25) is 0 Å². The highest BCUT2D eigenvalue weighted by Gasteiger charge is 2.19. The summed E-state index contributed by atoms with van der Waals surface area (Å²) >= 11 is 0. The molecule has 0 fully saturated rings. The Morgan fingerprint density at radius 2 is 2.20 bits per heavy atom. The molecule has 0 radical (unpaired) electrons. The van der Waals surface area contributed by atoms with Gasteiger partial charge in [0.05, 0.1) is 5.56 Å². The smallest absolute Gasteiger partial charge is 0.255 e. The lowest BCUT2D eigenvalue weighted by atomic mass is 10.1. The van der Waals surface area contributed by atoms with Crippen molar-refractivity contribution in [1.82, 2.24) is 5.32 Å². The van der Waals surface area contributed by atoms with E-state index >= 15 is 0 Å².